The Morgan fingerprint density at radius 2 is 1.78 bits per heavy atom. The molecule has 3 nitrogen and oxygen atoms in total. The third-order valence-electron chi connectivity index (χ3n) is 3.74. The summed E-state index contributed by atoms with van der Waals surface area (Å²) in [5.74, 6) is -0.621. The van der Waals surface area contributed by atoms with E-state index in [9.17, 15) is 14.4 Å². The van der Waals surface area contributed by atoms with Gasteiger partial charge in [-0.05, 0) is 54.1 Å². The number of nitrogens with zero attached hydrogens (tertiary/aromatic N) is 1. The molecule has 0 aliphatic carbocycles. The van der Waals surface area contributed by atoms with Crippen LogP contribution in [-0.2, 0) is 0 Å². The summed E-state index contributed by atoms with van der Waals surface area (Å²) in [5, 5.41) is 9.38. The summed E-state index contributed by atoms with van der Waals surface area (Å²) >= 11 is 3.31. The maximum atomic E-state index is 13.9. The highest BCUT2D eigenvalue weighted by Gasteiger charge is 2.10. The lowest BCUT2D eigenvalue weighted by Crippen LogP contribution is -2.08. The highest BCUT2D eigenvalue weighted by Crippen LogP contribution is 2.23. The van der Waals surface area contributed by atoms with Crippen molar-refractivity contribution in [1.29, 1.82) is 5.26 Å². The van der Waals surface area contributed by atoms with Gasteiger partial charge in [0.15, 0.2) is 0 Å². The van der Waals surface area contributed by atoms with E-state index in [0.717, 1.165) is 4.47 Å². The van der Waals surface area contributed by atoms with Crippen LogP contribution in [0.5, 0.6) is 5.75 Å². The molecule has 0 saturated carbocycles. The molecule has 27 heavy (non-hydrogen) atoms. The van der Waals surface area contributed by atoms with E-state index < -0.39 is 11.8 Å². The lowest BCUT2D eigenvalue weighted by Gasteiger charge is -2.06. The molecular formula is C22H13BrFNO2. The second kappa shape index (κ2) is 8.43. The second-order valence-electron chi connectivity index (χ2n) is 5.62. The van der Waals surface area contributed by atoms with Crippen LogP contribution in [-0.4, -0.2) is 5.97 Å². The average Bonchev–Trinajstić information content (AvgIpc) is 2.67. The van der Waals surface area contributed by atoms with Crippen LogP contribution >= 0.6 is 15.9 Å². The number of rotatable bonds is 4. The molecule has 0 unspecified atom stereocenters. The summed E-state index contributed by atoms with van der Waals surface area (Å²) in [5.41, 5.74) is 1.45. The summed E-state index contributed by atoms with van der Waals surface area (Å²) in [7, 11) is 0. The first kappa shape index (κ1) is 18.6. The third kappa shape index (κ3) is 4.69. The zero-order chi connectivity index (χ0) is 19.2. The Bertz CT molecular complexity index is 1050. The predicted octanol–water partition coefficient (Wildman–Crippen LogP) is 5.87. The number of hydrogen-bond acceptors (Lipinski definition) is 3. The maximum Gasteiger partial charge on any atom is 0.343 e. The molecule has 3 aromatic rings. The Kier molecular flexibility index (Phi) is 5.80. The molecule has 0 aromatic heterocycles. The molecule has 0 fully saturated rings. The second-order valence-corrected chi connectivity index (χ2v) is 6.53. The number of allylic oxidation sites excluding steroid dienone is 1. The van der Waals surface area contributed by atoms with E-state index in [0.29, 0.717) is 16.9 Å². The van der Waals surface area contributed by atoms with Crippen LogP contribution in [0.3, 0.4) is 0 Å². The molecule has 0 spiro atoms. The van der Waals surface area contributed by atoms with Gasteiger partial charge in [-0.2, -0.15) is 5.26 Å². The molecule has 3 aromatic carbocycles. The Hall–Kier alpha value is -3.23. The summed E-state index contributed by atoms with van der Waals surface area (Å²) in [6, 6.07) is 21.6. The lowest BCUT2D eigenvalue weighted by atomic mass is 10.0. The van der Waals surface area contributed by atoms with E-state index >= 15 is 0 Å². The number of hydrogen-bond donors (Lipinski definition) is 0. The van der Waals surface area contributed by atoms with Gasteiger partial charge >= 0.3 is 5.97 Å². The number of carbonyl (C=O) groups is 1. The molecular weight excluding hydrogens is 409 g/mol. The zero-order valence-electron chi connectivity index (χ0n) is 14.0. The lowest BCUT2D eigenvalue weighted by molar-refractivity contribution is 0.0735. The fraction of sp³-hybridized carbons (Fsp3) is 0. The van der Waals surface area contributed by atoms with Crippen molar-refractivity contribution in [2.45, 2.75) is 0 Å². The van der Waals surface area contributed by atoms with Crippen molar-refractivity contribution >= 4 is 33.5 Å². The number of esters is 1. The van der Waals surface area contributed by atoms with E-state index in [1.54, 1.807) is 72.8 Å². The standard InChI is InChI=1S/C22H13BrFNO2/c23-18-10-8-16(9-11-18)22(26)27-19-5-3-4-15(13-19)12-17(14-25)20-6-1-2-7-21(20)24/h1-13H/b17-12-. The van der Waals surface area contributed by atoms with Crippen LogP contribution in [0.1, 0.15) is 21.5 Å². The first-order valence-electron chi connectivity index (χ1n) is 8.01. The number of halogens is 2. The average molecular weight is 422 g/mol. The number of benzene rings is 3. The van der Waals surface area contributed by atoms with Crippen molar-refractivity contribution < 1.29 is 13.9 Å². The Morgan fingerprint density at radius 3 is 2.48 bits per heavy atom. The van der Waals surface area contributed by atoms with E-state index in [-0.39, 0.29) is 11.1 Å². The Labute approximate surface area is 164 Å². The van der Waals surface area contributed by atoms with Crippen molar-refractivity contribution in [3.05, 3.63) is 99.8 Å². The molecule has 0 heterocycles. The van der Waals surface area contributed by atoms with Gasteiger partial charge in [-0.1, -0.05) is 46.3 Å². The van der Waals surface area contributed by atoms with Crippen LogP contribution in [0.2, 0.25) is 0 Å². The van der Waals surface area contributed by atoms with Gasteiger partial charge in [-0.25, -0.2) is 9.18 Å². The molecule has 0 bridgehead atoms. The minimum Gasteiger partial charge on any atom is -0.423 e. The smallest absolute Gasteiger partial charge is 0.343 e. The van der Waals surface area contributed by atoms with E-state index in [1.807, 2.05) is 6.07 Å². The molecule has 0 aliphatic rings. The van der Waals surface area contributed by atoms with Gasteiger partial charge in [0, 0.05) is 10.0 Å². The molecule has 5 heteroatoms. The topological polar surface area (TPSA) is 50.1 Å². The highest BCUT2D eigenvalue weighted by atomic mass is 79.9. The summed E-state index contributed by atoms with van der Waals surface area (Å²) in [6.45, 7) is 0. The van der Waals surface area contributed by atoms with Crippen molar-refractivity contribution in [1.82, 2.24) is 0 Å². The number of ether oxygens (including phenoxy) is 1. The predicted molar refractivity (Wildman–Crippen MR) is 105 cm³/mol. The first-order chi connectivity index (χ1) is 13.1. The molecule has 0 saturated heterocycles. The van der Waals surface area contributed by atoms with E-state index in [1.165, 1.54) is 6.07 Å². The first-order valence-corrected chi connectivity index (χ1v) is 8.80. The molecule has 0 N–H and O–H groups in total. The molecule has 0 aliphatic heterocycles. The van der Waals surface area contributed by atoms with Crippen LogP contribution in [0.4, 0.5) is 4.39 Å². The summed E-state index contributed by atoms with van der Waals surface area (Å²) < 4.78 is 20.2. The molecule has 0 amide bonds. The van der Waals surface area contributed by atoms with Crippen molar-refractivity contribution in [3.8, 4) is 11.8 Å². The monoisotopic (exact) mass is 421 g/mol. The zero-order valence-corrected chi connectivity index (χ0v) is 15.6. The van der Waals surface area contributed by atoms with E-state index in [2.05, 4.69) is 15.9 Å². The minimum atomic E-state index is -0.488. The molecule has 0 atom stereocenters. The normalized spacial score (nSPS) is 10.9. The van der Waals surface area contributed by atoms with Gasteiger partial charge in [0.1, 0.15) is 11.6 Å². The number of nitriles is 1. The maximum absolute atomic E-state index is 13.9. The Morgan fingerprint density at radius 1 is 1.04 bits per heavy atom. The largest absolute Gasteiger partial charge is 0.423 e. The molecule has 0 radical (unpaired) electrons. The molecule has 3 rings (SSSR count). The minimum absolute atomic E-state index is 0.185. The van der Waals surface area contributed by atoms with Crippen LogP contribution < -0.4 is 4.74 Å². The van der Waals surface area contributed by atoms with Crippen molar-refractivity contribution in [2.75, 3.05) is 0 Å². The van der Waals surface area contributed by atoms with Crippen LogP contribution in [0.15, 0.2) is 77.3 Å². The van der Waals surface area contributed by atoms with Gasteiger partial charge in [0.05, 0.1) is 17.2 Å². The van der Waals surface area contributed by atoms with Crippen molar-refractivity contribution in [3.63, 3.8) is 0 Å². The van der Waals surface area contributed by atoms with Crippen molar-refractivity contribution in [2.24, 2.45) is 0 Å². The van der Waals surface area contributed by atoms with Gasteiger partial charge in [-0.3, -0.25) is 0 Å². The number of carbonyl (C=O) groups excluding carboxylic acids is 1. The quantitative estimate of drug-likeness (QED) is 0.229. The van der Waals surface area contributed by atoms with Gasteiger partial charge in [-0.15, -0.1) is 0 Å². The van der Waals surface area contributed by atoms with Gasteiger partial charge in [0.2, 0.25) is 0 Å². The van der Waals surface area contributed by atoms with Crippen LogP contribution in [0.25, 0.3) is 11.6 Å². The highest BCUT2D eigenvalue weighted by molar-refractivity contribution is 9.10. The SMILES string of the molecule is N#C/C(=C/c1cccc(OC(=O)c2ccc(Br)cc2)c1)c1ccccc1F. The van der Waals surface area contributed by atoms with Gasteiger partial charge in [0.25, 0.3) is 0 Å². The van der Waals surface area contributed by atoms with E-state index in [4.69, 9.17) is 4.74 Å². The fourth-order valence-electron chi connectivity index (χ4n) is 2.44. The summed E-state index contributed by atoms with van der Waals surface area (Å²) in [4.78, 5) is 12.2. The van der Waals surface area contributed by atoms with Gasteiger partial charge < -0.3 is 4.74 Å². The Balaban J connectivity index is 1.85. The molecule has 132 valence electrons. The summed E-state index contributed by atoms with van der Waals surface area (Å²) in [6.07, 6.45) is 1.55. The fourth-order valence-corrected chi connectivity index (χ4v) is 2.70. The van der Waals surface area contributed by atoms with Crippen LogP contribution in [0, 0.1) is 17.1 Å². The third-order valence-corrected chi connectivity index (χ3v) is 4.27.